The summed E-state index contributed by atoms with van der Waals surface area (Å²) in [4.78, 5) is 36.3. The van der Waals surface area contributed by atoms with Gasteiger partial charge in [-0.1, -0.05) is 35.2 Å². The van der Waals surface area contributed by atoms with E-state index in [4.69, 9.17) is 5.11 Å². The summed E-state index contributed by atoms with van der Waals surface area (Å²) in [6, 6.07) is 5.90. The van der Waals surface area contributed by atoms with E-state index in [0.717, 1.165) is 11.3 Å². The lowest BCUT2D eigenvalue weighted by molar-refractivity contribution is -0.125. The number of rotatable bonds is 6. The van der Waals surface area contributed by atoms with Crippen LogP contribution in [0.1, 0.15) is 20.7 Å². The molecule has 0 unspecified atom stereocenters. The van der Waals surface area contributed by atoms with E-state index in [1.165, 1.54) is 28.8 Å². The number of aromatic nitrogens is 2. The van der Waals surface area contributed by atoms with Crippen molar-refractivity contribution in [1.82, 2.24) is 15.1 Å². The molecule has 0 radical (unpaired) electrons. The summed E-state index contributed by atoms with van der Waals surface area (Å²) in [6.45, 7) is 0. The Morgan fingerprint density at radius 3 is 2.50 bits per heavy atom. The number of anilines is 1. The maximum atomic E-state index is 12.2. The minimum absolute atomic E-state index is 0.0391. The molecular weight excluding hydrogens is 352 g/mol. The smallest absolute Gasteiger partial charge is 0.336 e. The number of amides is 2. The fourth-order valence-corrected chi connectivity index (χ4v) is 3.33. The molecule has 24 heavy (non-hydrogen) atoms. The molecule has 0 spiro atoms. The molecule has 0 saturated heterocycles. The molecule has 8 nitrogen and oxygen atoms in total. The second kappa shape index (κ2) is 7.88. The molecule has 2 aromatic rings. The van der Waals surface area contributed by atoms with Crippen molar-refractivity contribution in [1.29, 1.82) is 0 Å². The van der Waals surface area contributed by atoms with E-state index in [1.807, 2.05) is 0 Å². The average Bonchev–Trinajstić information content (AvgIpc) is 2.99. The lowest BCUT2D eigenvalue weighted by Crippen LogP contribution is -2.23. The Labute approximate surface area is 145 Å². The molecule has 0 saturated carbocycles. The molecule has 126 valence electrons. The first-order valence-corrected chi connectivity index (χ1v) is 8.49. The predicted octanol–water partition coefficient (Wildman–Crippen LogP) is 1.67. The van der Waals surface area contributed by atoms with E-state index in [1.54, 1.807) is 26.2 Å². The molecule has 2 N–H and O–H groups in total. The van der Waals surface area contributed by atoms with Gasteiger partial charge in [-0.25, -0.2) is 4.79 Å². The topological polar surface area (TPSA) is 112 Å². The maximum Gasteiger partial charge on any atom is 0.336 e. The number of nitrogens with one attached hydrogen (secondary N) is 1. The molecule has 1 aromatic heterocycles. The van der Waals surface area contributed by atoms with Crippen LogP contribution < -0.4 is 5.32 Å². The first kappa shape index (κ1) is 17.9. The van der Waals surface area contributed by atoms with Crippen molar-refractivity contribution in [3.05, 3.63) is 35.4 Å². The molecule has 0 aliphatic heterocycles. The van der Waals surface area contributed by atoms with Crippen LogP contribution in [0.5, 0.6) is 0 Å². The van der Waals surface area contributed by atoms with Crippen molar-refractivity contribution in [2.24, 2.45) is 0 Å². The van der Waals surface area contributed by atoms with Crippen LogP contribution in [0, 0.1) is 0 Å². The molecule has 1 heterocycles. The van der Waals surface area contributed by atoms with Crippen LogP contribution in [0.2, 0.25) is 0 Å². The van der Waals surface area contributed by atoms with Gasteiger partial charge in [-0.15, -0.1) is 10.2 Å². The fourth-order valence-electron chi connectivity index (χ4n) is 1.60. The first-order chi connectivity index (χ1) is 11.4. The van der Waals surface area contributed by atoms with Crippen LogP contribution in [0.3, 0.4) is 0 Å². The van der Waals surface area contributed by atoms with E-state index in [9.17, 15) is 14.4 Å². The average molecular weight is 366 g/mol. The highest BCUT2D eigenvalue weighted by Gasteiger charge is 2.17. The molecule has 0 fully saturated rings. The number of carboxylic acid groups (broad SMARTS) is 1. The van der Waals surface area contributed by atoms with E-state index in [-0.39, 0.29) is 27.9 Å². The van der Waals surface area contributed by atoms with Crippen molar-refractivity contribution in [2.75, 3.05) is 25.2 Å². The fraction of sp³-hybridized carbons (Fsp3) is 0.214. The van der Waals surface area contributed by atoms with Gasteiger partial charge in [-0.05, 0) is 12.1 Å². The van der Waals surface area contributed by atoms with Gasteiger partial charge in [-0.3, -0.25) is 14.9 Å². The van der Waals surface area contributed by atoms with Gasteiger partial charge in [0, 0.05) is 14.1 Å². The Bertz CT molecular complexity index is 776. The predicted molar refractivity (Wildman–Crippen MR) is 90.7 cm³/mol. The van der Waals surface area contributed by atoms with Gasteiger partial charge in [-0.2, -0.15) is 0 Å². The lowest BCUT2D eigenvalue weighted by Gasteiger charge is -2.07. The standard InChI is InChI=1S/C14H14N4O4S2/c1-18(2)10(19)7-23-14-17-16-13(24-14)15-11(20)8-5-3-4-6-9(8)12(21)22/h3-6H,7H2,1-2H3,(H,21,22)(H,15,16,20). The van der Waals surface area contributed by atoms with E-state index in [0.29, 0.717) is 4.34 Å². The van der Waals surface area contributed by atoms with Crippen molar-refractivity contribution in [3.8, 4) is 0 Å². The third kappa shape index (κ3) is 4.52. The van der Waals surface area contributed by atoms with Crippen molar-refractivity contribution in [3.63, 3.8) is 0 Å². The van der Waals surface area contributed by atoms with Crippen LogP contribution in [0.25, 0.3) is 0 Å². The van der Waals surface area contributed by atoms with Gasteiger partial charge in [0.15, 0.2) is 4.34 Å². The zero-order valence-corrected chi connectivity index (χ0v) is 14.5. The summed E-state index contributed by atoms with van der Waals surface area (Å²) in [6.07, 6.45) is 0. The van der Waals surface area contributed by atoms with Crippen molar-refractivity contribution in [2.45, 2.75) is 4.34 Å². The summed E-state index contributed by atoms with van der Waals surface area (Å²) >= 11 is 2.33. The van der Waals surface area contributed by atoms with Crippen molar-refractivity contribution < 1.29 is 19.5 Å². The highest BCUT2D eigenvalue weighted by Crippen LogP contribution is 2.26. The zero-order chi connectivity index (χ0) is 17.7. The molecule has 10 heteroatoms. The van der Waals surface area contributed by atoms with Crippen LogP contribution >= 0.6 is 23.1 Å². The summed E-state index contributed by atoms with van der Waals surface area (Å²) in [5.41, 5.74) is -0.0529. The van der Waals surface area contributed by atoms with Gasteiger partial charge in [0.1, 0.15) is 0 Å². The molecular formula is C14H14N4O4S2. The molecule has 2 amide bonds. The molecule has 1 aromatic carbocycles. The number of benzene rings is 1. The van der Waals surface area contributed by atoms with Gasteiger partial charge >= 0.3 is 5.97 Å². The molecule has 0 aliphatic carbocycles. The Morgan fingerprint density at radius 2 is 1.88 bits per heavy atom. The summed E-state index contributed by atoms with van der Waals surface area (Å²) in [7, 11) is 3.32. The molecule has 0 atom stereocenters. The van der Waals surface area contributed by atoms with Crippen LogP contribution in [0.15, 0.2) is 28.6 Å². The highest BCUT2D eigenvalue weighted by atomic mass is 32.2. The number of aromatic carboxylic acids is 1. The van der Waals surface area contributed by atoms with E-state index in [2.05, 4.69) is 15.5 Å². The Morgan fingerprint density at radius 1 is 1.21 bits per heavy atom. The Balaban J connectivity index is 2.03. The SMILES string of the molecule is CN(C)C(=O)CSc1nnc(NC(=O)c2ccccc2C(=O)O)s1. The maximum absolute atomic E-state index is 12.2. The number of hydrogen-bond acceptors (Lipinski definition) is 7. The van der Waals surface area contributed by atoms with Gasteiger partial charge in [0.2, 0.25) is 11.0 Å². The number of carbonyl (C=O) groups is 3. The second-order valence-electron chi connectivity index (χ2n) is 4.75. The molecule has 0 bridgehead atoms. The summed E-state index contributed by atoms with van der Waals surface area (Å²) in [5, 5.41) is 19.6. The number of hydrogen-bond donors (Lipinski definition) is 2. The third-order valence-electron chi connectivity index (χ3n) is 2.85. The molecule has 2 rings (SSSR count). The monoisotopic (exact) mass is 366 g/mol. The van der Waals surface area contributed by atoms with Crippen LogP contribution in [0.4, 0.5) is 5.13 Å². The lowest BCUT2D eigenvalue weighted by atomic mass is 10.1. The minimum Gasteiger partial charge on any atom is -0.478 e. The Kier molecular flexibility index (Phi) is 5.88. The van der Waals surface area contributed by atoms with Crippen molar-refractivity contribution >= 4 is 46.0 Å². The summed E-state index contributed by atoms with van der Waals surface area (Å²) in [5.74, 6) is -1.60. The number of nitrogens with zero attached hydrogens (tertiary/aromatic N) is 3. The van der Waals surface area contributed by atoms with Gasteiger partial charge in [0.25, 0.3) is 5.91 Å². The highest BCUT2D eigenvalue weighted by molar-refractivity contribution is 8.01. The first-order valence-electron chi connectivity index (χ1n) is 6.68. The quantitative estimate of drug-likeness (QED) is 0.590. The van der Waals surface area contributed by atoms with Gasteiger partial charge in [0.05, 0.1) is 16.9 Å². The number of thioether (sulfide) groups is 1. The van der Waals surface area contributed by atoms with E-state index < -0.39 is 11.9 Å². The number of carbonyl (C=O) groups excluding carboxylic acids is 2. The third-order valence-corrected chi connectivity index (χ3v) is 4.80. The largest absolute Gasteiger partial charge is 0.478 e. The minimum atomic E-state index is -1.18. The zero-order valence-electron chi connectivity index (χ0n) is 12.8. The van der Waals surface area contributed by atoms with Crippen LogP contribution in [-0.4, -0.2) is 57.8 Å². The summed E-state index contributed by atoms with van der Waals surface area (Å²) < 4.78 is 0.534. The second-order valence-corrected chi connectivity index (χ2v) is 6.95. The number of carboxylic acids is 1. The van der Waals surface area contributed by atoms with Gasteiger partial charge < -0.3 is 10.0 Å². The Hall–Kier alpha value is -2.46. The van der Waals surface area contributed by atoms with Crippen LogP contribution in [-0.2, 0) is 4.79 Å². The molecule has 0 aliphatic rings. The normalized spacial score (nSPS) is 10.2. The van der Waals surface area contributed by atoms with E-state index >= 15 is 0 Å².